The van der Waals surface area contributed by atoms with Crippen LogP contribution in [0.25, 0.3) is 0 Å². The van der Waals surface area contributed by atoms with Crippen molar-refractivity contribution in [1.82, 2.24) is 20.9 Å². The lowest BCUT2D eigenvalue weighted by Crippen LogP contribution is -2.45. The van der Waals surface area contributed by atoms with Gasteiger partial charge in [-0.15, -0.1) is 24.0 Å². The Hall–Kier alpha value is -1.06. The molecule has 156 valence electrons. The molecule has 0 aromatic carbocycles. The number of amides is 2. The van der Waals surface area contributed by atoms with E-state index in [1.54, 1.807) is 0 Å². The fourth-order valence-corrected chi connectivity index (χ4v) is 3.25. The topological polar surface area (TPSA) is 85.8 Å². The average Bonchev–Trinajstić information content (AvgIpc) is 3.00. The molecular weight excluding hydrogens is 457 g/mol. The molecule has 1 saturated carbocycles. The van der Waals surface area contributed by atoms with Crippen molar-refractivity contribution in [1.29, 1.82) is 0 Å². The fourth-order valence-electron chi connectivity index (χ4n) is 3.25. The van der Waals surface area contributed by atoms with E-state index in [4.69, 9.17) is 0 Å². The molecule has 0 radical (unpaired) electrons. The molecule has 1 saturated heterocycles. The van der Waals surface area contributed by atoms with Crippen molar-refractivity contribution in [2.45, 2.75) is 58.9 Å². The molecule has 0 aromatic rings. The molecule has 1 aliphatic carbocycles. The molecule has 0 spiro atoms. The Bertz CT molecular complexity index is 508. The summed E-state index contributed by atoms with van der Waals surface area (Å²) >= 11 is 0. The number of carbonyl (C=O) groups excluding carboxylic acids is 2. The highest BCUT2D eigenvalue weighted by Crippen LogP contribution is 2.26. The number of likely N-dealkylation sites (tertiary alicyclic amines) is 1. The van der Waals surface area contributed by atoms with Gasteiger partial charge in [0.05, 0.1) is 0 Å². The van der Waals surface area contributed by atoms with E-state index in [9.17, 15) is 9.59 Å². The molecule has 2 fully saturated rings. The van der Waals surface area contributed by atoms with E-state index in [0.29, 0.717) is 13.1 Å². The second-order valence-corrected chi connectivity index (χ2v) is 7.60. The number of hydrogen-bond donors (Lipinski definition) is 3. The van der Waals surface area contributed by atoms with Gasteiger partial charge in [0, 0.05) is 50.6 Å². The Kier molecular flexibility index (Phi) is 11.0. The maximum Gasteiger partial charge on any atom is 0.225 e. The van der Waals surface area contributed by atoms with E-state index in [0.717, 1.165) is 51.3 Å². The van der Waals surface area contributed by atoms with Gasteiger partial charge >= 0.3 is 0 Å². The molecule has 2 amide bonds. The van der Waals surface area contributed by atoms with Gasteiger partial charge in [-0.25, -0.2) is 0 Å². The van der Waals surface area contributed by atoms with Gasteiger partial charge in [0.1, 0.15) is 0 Å². The lowest BCUT2D eigenvalue weighted by atomic mass is 9.85. The minimum atomic E-state index is 0. The lowest BCUT2D eigenvalue weighted by Gasteiger charge is -2.23. The molecule has 1 heterocycles. The van der Waals surface area contributed by atoms with Gasteiger partial charge in [-0.3, -0.25) is 14.6 Å². The predicted molar refractivity (Wildman–Crippen MR) is 119 cm³/mol. The van der Waals surface area contributed by atoms with Crippen LogP contribution in [-0.2, 0) is 9.59 Å². The normalized spacial score (nSPS) is 20.1. The van der Waals surface area contributed by atoms with Crippen LogP contribution in [0, 0.1) is 11.8 Å². The first-order valence-corrected chi connectivity index (χ1v) is 10.1. The van der Waals surface area contributed by atoms with E-state index < -0.39 is 0 Å². The van der Waals surface area contributed by atoms with Crippen molar-refractivity contribution in [2.75, 3.05) is 32.7 Å². The van der Waals surface area contributed by atoms with Crippen molar-refractivity contribution in [3.63, 3.8) is 0 Å². The van der Waals surface area contributed by atoms with E-state index in [2.05, 4.69) is 20.9 Å². The third-order valence-corrected chi connectivity index (χ3v) is 5.06. The molecule has 8 heteroatoms. The Morgan fingerprint density at radius 3 is 2.52 bits per heavy atom. The minimum absolute atomic E-state index is 0. The highest BCUT2D eigenvalue weighted by Gasteiger charge is 2.28. The molecule has 2 rings (SSSR count). The zero-order chi connectivity index (χ0) is 18.9. The standard InChI is InChI=1S/C19H35N5O2.HI/c1-4-20-19(22-11-6-10-21-17(25)15-7-5-8-15)23-16-9-12-24(13-16)18(26)14(2)3;/h14-16H,4-13H2,1-3H3,(H,21,25)(H2,20,22,23);1H. The SMILES string of the molecule is CCNC(=NCCCNC(=O)C1CCC1)NC1CCN(C(=O)C(C)C)C1.I. The summed E-state index contributed by atoms with van der Waals surface area (Å²) in [6.45, 7) is 9.61. The maximum absolute atomic E-state index is 12.1. The van der Waals surface area contributed by atoms with Crippen LogP contribution in [-0.4, -0.2) is 61.4 Å². The van der Waals surface area contributed by atoms with Gasteiger partial charge in [0.15, 0.2) is 5.96 Å². The Labute approximate surface area is 180 Å². The zero-order valence-electron chi connectivity index (χ0n) is 16.9. The van der Waals surface area contributed by atoms with Crippen LogP contribution in [0.1, 0.15) is 52.9 Å². The Balaban J connectivity index is 0.00000364. The van der Waals surface area contributed by atoms with E-state index in [1.165, 1.54) is 6.42 Å². The molecule has 3 N–H and O–H groups in total. The summed E-state index contributed by atoms with van der Waals surface area (Å²) in [4.78, 5) is 30.4. The number of hydrogen-bond acceptors (Lipinski definition) is 3. The van der Waals surface area contributed by atoms with Gasteiger partial charge in [-0.1, -0.05) is 20.3 Å². The molecule has 7 nitrogen and oxygen atoms in total. The Morgan fingerprint density at radius 1 is 1.19 bits per heavy atom. The third-order valence-electron chi connectivity index (χ3n) is 5.06. The van der Waals surface area contributed by atoms with E-state index in [1.807, 2.05) is 25.7 Å². The highest BCUT2D eigenvalue weighted by molar-refractivity contribution is 14.0. The Morgan fingerprint density at radius 2 is 1.93 bits per heavy atom. The molecule has 1 aliphatic heterocycles. The smallest absolute Gasteiger partial charge is 0.225 e. The number of nitrogens with one attached hydrogen (secondary N) is 3. The fraction of sp³-hybridized carbons (Fsp3) is 0.842. The van der Waals surface area contributed by atoms with Gasteiger partial charge in [0.2, 0.25) is 11.8 Å². The molecular formula is C19H36IN5O2. The first-order chi connectivity index (χ1) is 12.5. The van der Waals surface area contributed by atoms with Crippen LogP contribution in [0.3, 0.4) is 0 Å². The molecule has 2 aliphatic rings. The quantitative estimate of drug-likeness (QED) is 0.208. The zero-order valence-corrected chi connectivity index (χ0v) is 19.3. The molecule has 0 aromatic heterocycles. The van der Waals surface area contributed by atoms with Crippen LogP contribution < -0.4 is 16.0 Å². The van der Waals surface area contributed by atoms with Crippen LogP contribution in [0.2, 0.25) is 0 Å². The summed E-state index contributed by atoms with van der Waals surface area (Å²) in [5, 5.41) is 9.69. The average molecular weight is 493 g/mol. The van der Waals surface area contributed by atoms with Crippen molar-refractivity contribution in [3.05, 3.63) is 0 Å². The minimum Gasteiger partial charge on any atom is -0.357 e. The van der Waals surface area contributed by atoms with Crippen molar-refractivity contribution >= 4 is 41.8 Å². The summed E-state index contributed by atoms with van der Waals surface area (Å²) in [7, 11) is 0. The molecule has 0 bridgehead atoms. The first-order valence-electron chi connectivity index (χ1n) is 10.1. The van der Waals surface area contributed by atoms with Crippen LogP contribution in [0.5, 0.6) is 0 Å². The summed E-state index contributed by atoms with van der Waals surface area (Å²) in [6.07, 6.45) is 5.03. The van der Waals surface area contributed by atoms with Gasteiger partial charge in [0.25, 0.3) is 0 Å². The molecule has 1 atom stereocenters. The van der Waals surface area contributed by atoms with Crippen LogP contribution in [0.15, 0.2) is 4.99 Å². The number of rotatable bonds is 8. The number of aliphatic imine (C=N–C) groups is 1. The maximum atomic E-state index is 12.1. The third kappa shape index (κ3) is 7.83. The van der Waals surface area contributed by atoms with Crippen LogP contribution >= 0.6 is 24.0 Å². The largest absolute Gasteiger partial charge is 0.357 e. The number of halogens is 1. The summed E-state index contributed by atoms with van der Waals surface area (Å²) in [5.74, 6) is 1.51. The van der Waals surface area contributed by atoms with Crippen molar-refractivity contribution in [2.24, 2.45) is 16.8 Å². The van der Waals surface area contributed by atoms with Crippen LogP contribution in [0.4, 0.5) is 0 Å². The molecule has 27 heavy (non-hydrogen) atoms. The van der Waals surface area contributed by atoms with Crippen molar-refractivity contribution < 1.29 is 9.59 Å². The number of nitrogens with zero attached hydrogens (tertiary/aromatic N) is 2. The predicted octanol–water partition coefficient (Wildman–Crippen LogP) is 1.72. The monoisotopic (exact) mass is 493 g/mol. The second-order valence-electron chi connectivity index (χ2n) is 7.60. The summed E-state index contributed by atoms with van der Waals surface area (Å²) in [5.41, 5.74) is 0. The molecule has 1 unspecified atom stereocenters. The highest BCUT2D eigenvalue weighted by atomic mass is 127. The van der Waals surface area contributed by atoms with Gasteiger partial charge in [-0.2, -0.15) is 0 Å². The van der Waals surface area contributed by atoms with Gasteiger partial charge < -0.3 is 20.9 Å². The summed E-state index contributed by atoms with van der Waals surface area (Å²) < 4.78 is 0. The lowest BCUT2D eigenvalue weighted by molar-refractivity contribution is -0.133. The second kappa shape index (κ2) is 12.4. The summed E-state index contributed by atoms with van der Waals surface area (Å²) in [6, 6.07) is 0.244. The van der Waals surface area contributed by atoms with Gasteiger partial charge in [-0.05, 0) is 32.6 Å². The van der Waals surface area contributed by atoms with E-state index >= 15 is 0 Å². The first kappa shape index (κ1) is 24.0. The number of guanidine groups is 1. The van der Waals surface area contributed by atoms with Crippen molar-refractivity contribution in [3.8, 4) is 0 Å². The number of carbonyl (C=O) groups is 2. The van der Waals surface area contributed by atoms with E-state index in [-0.39, 0.29) is 53.7 Å².